The largest absolute Gasteiger partial charge is 0.312 e. The molecule has 1 atom stereocenters. The maximum absolute atomic E-state index is 4.42. The highest BCUT2D eigenvalue weighted by Crippen LogP contribution is 2.15. The van der Waals surface area contributed by atoms with E-state index in [1.807, 2.05) is 6.92 Å². The zero-order chi connectivity index (χ0) is 11.8. The minimum Gasteiger partial charge on any atom is -0.312 e. The highest BCUT2D eigenvalue weighted by Gasteiger charge is 2.21. The van der Waals surface area contributed by atoms with Crippen LogP contribution in [0, 0.1) is 12.3 Å². The second-order valence-corrected chi connectivity index (χ2v) is 5.93. The lowest BCUT2D eigenvalue weighted by atomic mass is 9.96. The summed E-state index contributed by atoms with van der Waals surface area (Å²) < 4.78 is 2.05. The molecule has 0 saturated carbocycles. The highest BCUT2D eigenvalue weighted by molar-refractivity contribution is 5.85. The molecule has 1 aromatic heterocycles. The Morgan fingerprint density at radius 1 is 1.41 bits per heavy atom. The molecule has 1 N–H and O–H groups in total. The minimum atomic E-state index is 0. The average Bonchev–Trinajstić information content (AvgIpc) is 2.52. The number of aryl methyl sites for hydroxylation is 2. The van der Waals surface area contributed by atoms with Crippen molar-refractivity contribution in [3.05, 3.63) is 11.6 Å². The first-order valence-corrected chi connectivity index (χ1v) is 6.08. The van der Waals surface area contributed by atoms with Gasteiger partial charge >= 0.3 is 0 Å². The predicted molar refractivity (Wildman–Crippen MR) is 71.6 cm³/mol. The molecule has 0 amide bonds. The van der Waals surface area contributed by atoms with Gasteiger partial charge < -0.3 is 5.32 Å². The van der Waals surface area contributed by atoms with Crippen LogP contribution in [0.2, 0.25) is 0 Å². The molecule has 1 aliphatic rings. The van der Waals surface area contributed by atoms with Crippen molar-refractivity contribution < 1.29 is 0 Å². The van der Waals surface area contributed by atoms with E-state index in [2.05, 4.69) is 40.9 Å². The van der Waals surface area contributed by atoms with Crippen molar-refractivity contribution >= 4 is 12.4 Å². The number of halogens is 1. The molecule has 0 bridgehead atoms. The van der Waals surface area contributed by atoms with Crippen LogP contribution in [0.15, 0.2) is 0 Å². The Labute approximate surface area is 110 Å². The van der Waals surface area contributed by atoms with Gasteiger partial charge in [0, 0.05) is 19.0 Å². The van der Waals surface area contributed by atoms with Gasteiger partial charge in [0.05, 0.1) is 6.54 Å². The first kappa shape index (κ1) is 14.5. The fourth-order valence-electron chi connectivity index (χ4n) is 2.05. The first-order valence-electron chi connectivity index (χ1n) is 6.08. The molecule has 0 radical (unpaired) electrons. The third-order valence-electron chi connectivity index (χ3n) is 2.89. The van der Waals surface area contributed by atoms with Gasteiger partial charge in [0.15, 0.2) is 0 Å². The Kier molecular flexibility index (Phi) is 4.55. The summed E-state index contributed by atoms with van der Waals surface area (Å²) in [5.41, 5.74) is 0.346. The zero-order valence-corrected chi connectivity index (χ0v) is 12.0. The van der Waals surface area contributed by atoms with Gasteiger partial charge in [-0.1, -0.05) is 20.8 Å². The van der Waals surface area contributed by atoms with Crippen LogP contribution in [0.25, 0.3) is 0 Å². The lowest BCUT2D eigenvalue weighted by molar-refractivity contribution is 0.300. The van der Waals surface area contributed by atoms with Crippen LogP contribution in [0.3, 0.4) is 0 Å². The van der Waals surface area contributed by atoms with Crippen LogP contribution in [-0.2, 0) is 13.0 Å². The number of hydrogen-bond donors (Lipinski definition) is 1. The fraction of sp³-hybridized carbons (Fsp3) is 0.833. The second-order valence-electron chi connectivity index (χ2n) is 5.93. The van der Waals surface area contributed by atoms with Gasteiger partial charge in [-0.15, -0.1) is 12.4 Å². The van der Waals surface area contributed by atoms with Gasteiger partial charge in [-0.25, -0.2) is 9.67 Å². The van der Waals surface area contributed by atoms with E-state index < -0.39 is 0 Å². The Balaban J connectivity index is 0.00000144. The predicted octanol–water partition coefficient (Wildman–Crippen LogP) is 1.96. The van der Waals surface area contributed by atoms with Crippen LogP contribution >= 0.6 is 12.4 Å². The highest BCUT2D eigenvalue weighted by atomic mass is 35.5. The summed E-state index contributed by atoms with van der Waals surface area (Å²) in [6, 6.07) is 0.549. The van der Waals surface area contributed by atoms with Crippen LogP contribution < -0.4 is 5.32 Å². The maximum Gasteiger partial charge on any atom is 0.147 e. The van der Waals surface area contributed by atoms with E-state index in [1.165, 1.54) is 6.42 Å². The number of hydrogen-bond acceptors (Lipinski definition) is 3. The molecule has 1 unspecified atom stereocenters. The topological polar surface area (TPSA) is 42.7 Å². The standard InChI is InChI=1S/C12H22N4.ClH/c1-9-14-11-6-5-10(7-16(11)15-9)13-8-12(2,3)4;/h10,13H,5-8H2,1-4H3;1H. The van der Waals surface area contributed by atoms with Crippen molar-refractivity contribution in [1.82, 2.24) is 20.1 Å². The lowest BCUT2D eigenvalue weighted by Gasteiger charge is -2.27. The molecule has 0 saturated heterocycles. The number of aromatic nitrogens is 3. The van der Waals surface area contributed by atoms with Gasteiger partial charge in [0.2, 0.25) is 0 Å². The molecule has 17 heavy (non-hydrogen) atoms. The summed E-state index contributed by atoms with van der Waals surface area (Å²) in [5.74, 6) is 2.04. The van der Waals surface area contributed by atoms with Gasteiger partial charge in [-0.2, -0.15) is 5.10 Å². The van der Waals surface area contributed by atoms with Crippen molar-refractivity contribution in [2.24, 2.45) is 5.41 Å². The molecule has 0 fully saturated rings. The molecule has 98 valence electrons. The summed E-state index contributed by atoms with van der Waals surface area (Å²) in [6.45, 7) is 10.8. The van der Waals surface area contributed by atoms with Gasteiger partial charge in [-0.05, 0) is 18.8 Å². The van der Waals surface area contributed by atoms with Crippen LogP contribution in [-0.4, -0.2) is 27.4 Å². The molecule has 1 aromatic rings. The van der Waals surface area contributed by atoms with Gasteiger partial charge in [0.25, 0.3) is 0 Å². The lowest BCUT2D eigenvalue weighted by Crippen LogP contribution is -2.41. The van der Waals surface area contributed by atoms with E-state index in [0.717, 1.165) is 31.2 Å². The van der Waals surface area contributed by atoms with Crippen molar-refractivity contribution in [3.63, 3.8) is 0 Å². The van der Waals surface area contributed by atoms with Crippen molar-refractivity contribution in [2.75, 3.05) is 6.54 Å². The van der Waals surface area contributed by atoms with E-state index in [0.29, 0.717) is 11.5 Å². The smallest absolute Gasteiger partial charge is 0.147 e. The van der Waals surface area contributed by atoms with Crippen molar-refractivity contribution in [3.8, 4) is 0 Å². The Hall–Kier alpha value is -0.610. The summed E-state index contributed by atoms with van der Waals surface area (Å²) >= 11 is 0. The van der Waals surface area contributed by atoms with Crippen LogP contribution in [0.4, 0.5) is 0 Å². The summed E-state index contributed by atoms with van der Waals surface area (Å²) in [4.78, 5) is 4.42. The molecule has 0 aromatic carbocycles. The maximum atomic E-state index is 4.42. The van der Waals surface area contributed by atoms with Crippen LogP contribution in [0.1, 0.15) is 38.8 Å². The van der Waals surface area contributed by atoms with E-state index in [-0.39, 0.29) is 12.4 Å². The van der Waals surface area contributed by atoms with Crippen LogP contribution in [0.5, 0.6) is 0 Å². The molecule has 1 aliphatic heterocycles. The summed E-state index contributed by atoms with van der Waals surface area (Å²) in [5, 5.41) is 8.03. The van der Waals surface area contributed by atoms with E-state index in [4.69, 9.17) is 0 Å². The normalized spacial score (nSPS) is 19.6. The number of nitrogens with zero attached hydrogens (tertiary/aromatic N) is 3. The molecule has 0 aliphatic carbocycles. The molecular weight excluding hydrogens is 236 g/mol. The van der Waals surface area contributed by atoms with Crippen molar-refractivity contribution in [2.45, 2.75) is 53.1 Å². The second kappa shape index (κ2) is 5.36. The Morgan fingerprint density at radius 2 is 2.12 bits per heavy atom. The molecular formula is C12H23ClN4. The van der Waals surface area contributed by atoms with Gasteiger partial charge in [0.1, 0.15) is 11.6 Å². The quantitative estimate of drug-likeness (QED) is 0.882. The average molecular weight is 259 g/mol. The first-order chi connectivity index (χ1) is 7.44. The molecule has 5 heteroatoms. The fourth-order valence-corrected chi connectivity index (χ4v) is 2.05. The third-order valence-corrected chi connectivity index (χ3v) is 2.89. The van der Waals surface area contributed by atoms with Gasteiger partial charge in [-0.3, -0.25) is 0 Å². The minimum absolute atomic E-state index is 0. The molecule has 0 spiro atoms. The van der Waals surface area contributed by atoms with E-state index in [9.17, 15) is 0 Å². The summed E-state index contributed by atoms with van der Waals surface area (Å²) in [7, 11) is 0. The van der Waals surface area contributed by atoms with E-state index >= 15 is 0 Å². The number of rotatable bonds is 2. The summed E-state index contributed by atoms with van der Waals surface area (Å²) in [6.07, 6.45) is 2.22. The monoisotopic (exact) mass is 258 g/mol. The Morgan fingerprint density at radius 3 is 2.76 bits per heavy atom. The molecule has 2 rings (SSSR count). The number of fused-ring (bicyclic) bond motifs is 1. The Bertz CT molecular complexity index is 367. The molecule has 2 heterocycles. The zero-order valence-electron chi connectivity index (χ0n) is 11.2. The number of nitrogens with one attached hydrogen (secondary N) is 1. The SMILES string of the molecule is Cc1nc2n(n1)CC(NCC(C)(C)C)CC2.Cl. The van der Waals surface area contributed by atoms with E-state index in [1.54, 1.807) is 0 Å². The van der Waals surface area contributed by atoms with Crippen molar-refractivity contribution in [1.29, 1.82) is 0 Å². The third kappa shape index (κ3) is 3.96. The molecule has 4 nitrogen and oxygen atoms in total.